The van der Waals surface area contributed by atoms with E-state index in [9.17, 15) is 32.3 Å². The summed E-state index contributed by atoms with van der Waals surface area (Å²) >= 11 is 0. The molecule has 0 bridgehead atoms. The number of halogens is 4. The van der Waals surface area contributed by atoms with E-state index in [1.807, 2.05) is 0 Å². The average Bonchev–Trinajstić information content (AvgIpc) is 2.75. The summed E-state index contributed by atoms with van der Waals surface area (Å²) < 4.78 is 51.1. The van der Waals surface area contributed by atoms with Gasteiger partial charge >= 0.3 is 6.18 Å². The Balaban J connectivity index is 1.46. The highest BCUT2D eigenvalue weighted by molar-refractivity contribution is 5.94. The minimum absolute atomic E-state index is 0.00871. The van der Waals surface area contributed by atoms with Crippen LogP contribution in [-0.2, 0) is 11.0 Å². The Morgan fingerprint density at radius 2 is 1.72 bits per heavy atom. The van der Waals surface area contributed by atoms with Crippen LogP contribution < -0.4 is 5.43 Å². The fraction of sp³-hybridized carbons (Fsp3) is 0.286. The van der Waals surface area contributed by atoms with E-state index < -0.39 is 23.5 Å². The molecular formula is C21H20F4N4O3. The SMILES string of the molecule is O=C(CN1CCN(C(=O)c2ccc(C(F)(F)F)cc2)CC1)NN=Cc1cc(F)ccc1O. The number of rotatable bonds is 5. The van der Waals surface area contributed by atoms with Gasteiger partial charge < -0.3 is 10.0 Å². The van der Waals surface area contributed by atoms with Crippen molar-refractivity contribution in [2.24, 2.45) is 5.10 Å². The first-order valence-electron chi connectivity index (χ1n) is 9.63. The summed E-state index contributed by atoms with van der Waals surface area (Å²) in [5, 5.41) is 13.3. The van der Waals surface area contributed by atoms with Gasteiger partial charge in [0.1, 0.15) is 11.6 Å². The Bertz CT molecular complexity index is 1000. The number of benzene rings is 2. The van der Waals surface area contributed by atoms with E-state index in [2.05, 4.69) is 10.5 Å². The Morgan fingerprint density at radius 3 is 2.34 bits per heavy atom. The van der Waals surface area contributed by atoms with Crippen molar-refractivity contribution in [3.05, 3.63) is 65.0 Å². The van der Waals surface area contributed by atoms with Crippen LogP contribution in [0.25, 0.3) is 0 Å². The molecule has 170 valence electrons. The van der Waals surface area contributed by atoms with Crippen molar-refractivity contribution >= 4 is 18.0 Å². The number of nitrogens with zero attached hydrogens (tertiary/aromatic N) is 3. The highest BCUT2D eigenvalue weighted by Gasteiger charge is 2.30. The Kier molecular flexibility index (Phi) is 7.08. The summed E-state index contributed by atoms with van der Waals surface area (Å²) in [6, 6.07) is 7.38. The van der Waals surface area contributed by atoms with Gasteiger partial charge in [0.25, 0.3) is 11.8 Å². The molecule has 2 amide bonds. The molecule has 11 heteroatoms. The predicted molar refractivity (Wildman–Crippen MR) is 108 cm³/mol. The molecule has 0 aliphatic carbocycles. The summed E-state index contributed by atoms with van der Waals surface area (Å²) in [5.74, 6) is -1.54. The lowest BCUT2D eigenvalue weighted by atomic mass is 10.1. The Labute approximate surface area is 180 Å². The molecule has 0 saturated carbocycles. The van der Waals surface area contributed by atoms with Crippen LogP contribution in [-0.4, -0.2) is 65.7 Å². The maximum absolute atomic E-state index is 13.2. The van der Waals surface area contributed by atoms with Crippen LogP contribution in [0.15, 0.2) is 47.6 Å². The molecule has 1 saturated heterocycles. The lowest BCUT2D eigenvalue weighted by Crippen LogP contribution is -2.50. The third-order valence-corrected chi connectivity index (χ3v) is 4.87. The summed E-state index contributed by atoms with van der Waals surface area (Å²) in [5.41, 5.74) is 1.74. The van der Waals surface area contributed by atoms with Crippen LogP contribution in [0.4, 0.5) is 17.6 Å². The van der Waals surface area contributed by atoms with E-state index >= 15 is 0 Å². The fourth-order valence-electron chi connectivity index (χ4n) is 3.13. The van der Waals surface area contributed by atoms with Crippen LogP contribution >= 0.6 is 0 Å². The molecular weight excluding hydrogens is 432 g/mol. The zero-order chi connectivity index (χ0) is 23.3. The number of alkyl halides is 3. The van der Waals surface area contributed by atoms with Gasteiger partial charge in [-0.1, -0.05) is 0 Å². The summed E-state index contributed by atoms with van der Waals surface area (Å²) in [6.45, 7) is 1.43. The first-order valence-corrected chi connectivity index (χ1v) is 9.63. The third kappa shape index (κ3) is 6.03. The third-order valence-electron chi connectivity index (χ3n) is 4.87. The van der Waals surface area contributed by atoms with Crippen molar-refractivity contribution in [2.45, 2.75) is 6.18 Å². The number of hydrazone groups is 1. The molecule has 0 spiro atoms. The molecule has 0 atom stereocenters. The van der Waals surface area contributed by atoms with Gasteiger partial charge in [-0.25, -0.2) is 9.82 Å². The van der Waals surface area contributed by atoms with E-state index in [1.165, 1.54) is 11.0 Å². The monoisotopic (exact) mass is 452 g/mol. The van der Waals surface area contributed by atoms with Gasteiger partial charge in [-0.05, 0) is 42.5 Å². The molecule has 3 rings (SSSR count). The standard InChI is InChI=1S/C21H20F4N4O3/c22-17-5-6-18(30)15(11-17)12-26-27-19(31)13-28-7-9-29(10-8-28)20(32)14-1-3-16(4-2-14)21(23,24)25/h1-6,11-12,30H,7-10,13H2,(H,27,31). The zero-order valence-electron chi connectivity index (χ0n) is 16.8. The second-order valence-electron chi connectivity index (χ2n) is 7.14. The normalized spacial score (nSPS) is 15.2. The number of hydrogen-bond donors (Lipinski definition) is 2. The summed E-state index contributed by atoms with van der Waals surface area (Å²) in [7, 11) is 0. The van der Waals surface area contributed by atoms with Gasteiger partial charge in [-0.2, -0.15) is 18.3 Å². The lowest BCUT2D eigenvalue weighted by Gasteiger charge is -2.34. The number of piperazine rings is 1. The second kappa shape index (κ2) is 9.77. The molecule has 2 aromatic rings. The molecule has 0 unspecified atom stereocenters. The average molecular weight is 452 g/mol. The number of amides is 2. The van der Waals surface area contributed by atoms with Crippen LogP contribution in [0.2, 0.25) is 0 Å². The van der Waals surface area contributed by atoms with E-state index in [4.69, 9.17) is 0 Å². The zero-order valence-corrected chi connectivity index (χ0v) is 16.8. The number of carbonyl (C=O) groups excluding carboxylic acids is 2. The van der Waals surface area contributed by atoms with Crippen molar-refractivity contribution in [3.8, 4) is 5.75 Å². The minimum Gasteiger partial charge on any atom is -0.507 e. The number of hydrogen-bond acceptors (Lipinski definition) is 5. The maximum atomic E-state index is 13.2. The van der Waals surface area contributed by atoms with Gasteiger partial charge in [-0.15, -0.1) is 0 Å². The first-order chi connectivity index (χ1) is 15.1. The molecule has 1 heterocycles. The lowest BCUT2D eigenvalue weighted by molar-refractivity contribution is -0.137. The van der Waals surface area contributed by atoms with Gasteiger partial charge in [-0.3, -0.25) is 14.5 Å². The molecule has 0 radical (unpaired) electrons. The fourth-order valence-corrected chi connectivity index (χ4v) is 3.13. The van der Waals surface area contributed by atoms with Crippen LogP contribution in [0.1, 0.15) is 21.5 Å². The van der Waals surface area contributed by atoms with Crippen molar-refractivity contribution in [2.75, 3.05) is 32.7 Å². The molecule has 1 aliphatic rings. The van der Waals surface area contributed by atoms with Crippen LogP contribution in [0.3, 0.4) is 0 Å². The van der Waals surface area contributed by atoms with Crippen molar-refractivity contribution < 1.29 is 32.3 Å². The second-order valence-corrected chi connectivity index (χ2v) is 7.14. The first kappa shape index (κ1) is 23.2. The van der Waals surface area contributed by atoms with E-state index in [1.54, 1.807) is 4.90 Å². The number of nitrogens with one attached hydrogen (secondary N) is 1. The molecule has 2 aromatic carbocycles. The smallest absolute Gasteiger partial charge is 0.416 e. The predicted octanol–water partition coefficient (Wildman–Crippen LogP) is 2.46. The van der Waals surface area contributed by atoms with Crippen molar-refractivity contribution in [1.82, 2.24) is 15.2 Å². The highest BCUT2D eigenvalue weighted by atomic mass is 19.4. The number of aromatic hydroxyl groups is 1. The quantitative estimate of drug-likeness (QED) is 0.415. The highest BCUT2D eigenvalue weighted by Crippen LogP contribution is 2.29. The maximum Gasteiger partial charge on any atom is 0.416 e. The Hall–Kier alpha value is -3.47. The number of carbonyl (C=O) groups is 2. The summed E-state index contributed by atoms with van der Waals surface area (Å²) in [6.07, 6.45) is -3.34. The van der Waals surface area contributed by atoms with Crippen molar-refractivity contribution in [3.63, 3.8) is 0 Å². The van der Waals surface area contributed by atoms with E-state index in [0.29, 0.717) is 26.2 Å². The molecule has 1 fully saturated rings. The molecule has 2 N–H and O–H groups in total. The largest absolute Gasteiger partial charge is 0.507 e. The summed E-state index contributed by atoms with van der Waals surface area (Å²) in [4.78, 5) is 27.8. The number of phenolic OH excluding ortho intramolecular Hbond substituents is 1. The van der Waals surface area contributed by atoms with Crippen LogP contribution in [0.5, 0.6) is 5.75 Å². The van der Waals surface area contributed by atoms with Gasteiger partial charge in [0.2, 0.25) is 0 Å². The van der Waals surface area contributed by atoms with Crippen molar-refractivity contribution in [1.29, 1.82) is 0 Å². The topological polar surface area (TPSA) is 85.2 Å². The van der Waals surface area contributed by atoms with Gasteiger partial charge in [0.15, 0.2) is 0 Å². The minimum atomic E-state index is -4.46. The molecule has 1 aliphatic heterocycles. The van der Waals surface area contributed by atoms with Gasteiger partial charge in [0, 0.05) is 37.3 Å². The molecule has 0 aromatic heterocycles. The van der Waals surface area contributed by atoms with Crippen LogP contribution in [0, 0.1) is 5.82 Å². The molecule has 7 nitrogen and oxygen atoms in total. The molecule has 32 heavy (non-hydrogen) atoms. The van der Waals surface area contributed by atoms with Gasteiger partial charge in [0.05, 0.1) is 18.3 Å². The Morgan fingerprint density at radius 1 is 1.06 bits per heavy atom. The number of phenols is 1. The van der Waals surface area contributed by atoms with E-state index in [0.717, 1.165) is 42.6 Å². The van der Waals surface area contributed by atoms with E-state index in [-0.39, 0.29) is 29.3 Å².